The number of hydrogen-bond acceptors (Lipinski definition) is 5. The Balaban J connectivity index is 1.26. The molecule has 2 fully saturated rings. The van der Waals surface area contributed by atoms with E-state index < -0.39 is 0 Å². The number of nitriles is 1. The van der Waals surface area contributed by atoms with E-state index >= 15 is 0 Å². The Bertz CT molecular complexity index is 1120. The number of nitrogens with zero attached hydrogens (tertiary/aromatic N) is 4. The molecule has 2 aliphatic heterocycles. The highest BCUT2D eigenvalue weighted by Crippen LogP contribution is 2.44. The predicted octanol–water partition coefficient (Wildman–Crippen LogP) is 4.75. The van der Waals surface area contributed by atoms with Crippen LogP contribution in [-0.4, -0.2) is 35.4 Å². The Hall–Kier alpha value is -2.75. The molecule has 1 amide bonds. The van der Waals surface area contributed by atoms with Crippen molar-refractivity contribution in [3.8, 4) is 6.07 Å². The third-order valence-electron chi connectivity index (χ3n) is 6.87. The van der Waals surface area contributed by atoms with Gasteiger partial charge in [-0.2, -0.15) is 5.26 Å². The number of amides is 1. The van der Waals surface area contributed by atoms with Crippen LogP contribution in [0.25, 0.3) is 10.2 Å². The summed E-state index contributed by atoms with van der Waals surface area (Å²) in [4.78, 5) is 21.7. The minimum Gasteiger partial charge on any atom is -0.312 e. The third-order valence-corrected chi connectivity index (χ3v) is 7.68. The summed E-state index contributed by atoms with van der Waals surface area (Å²) in [6.45, 7) is 5.06. The van der Waals surface area contributed by atoms with Crippen LogP contribution in [0.15, 0.2) is 48.0 Å². The first-order valence-corrected chi connectivity index (χ1v) is 11.3. The van der Waals surface area contributed by atoms with Gasteiger partial charge in [0.1, 0.15) is 0 Å². The molecule has 0 unspecified atom stereocenters. The van der Waals surface area contributed by atoms with Crippen LogP contribution in [0.3, 0.4) is 0 Å². The van der Waals surface area contributed by atoms with Crippen molar-refractivity contribution in [2.24, 2.45) is 5.41 Å². The summed E-state index contributed by atoms with van der Waals surface area (Å²) in [6.07, 6.45) is 2.70. The molecule has 6 heteroatoms. The Morgan fingerprint density at radius 3 is 2.67 bits per heavy atom. The first kappa shape index (κ1) is 19.2. The number of benzene rings is 2. The molecule has 0 aliphatic carbocycles. The van der Waals surface area contributed by atoms with Gasteiger partial charge >= 0.3 is 0 Å². The van der Waals surface area contributed by atoms with E-state index in [9.17, 15) is 4.79 Å². The number of carbonyl (C=O) groups is 1. The fourth-order valence-electron chi connectivity index (χ4n) is 4.91. The average Bonchev–Trinajstić information content (AvgIpc) is 3.37. The van der Waals surface area contributed by atoms with Crippen molar-refractivity contribution < 1.29 is 4.79 Å². The second-order valence-corrected chi connectivity index (χ2v) is 9.49. The van der Waals surface area contributed by atoms with Gasteiger partial charge in [0.05, 0.1) is 27.4 Å². The van der Waals surface area contributed by atoms with Crippen molar-refractivity contribution in [1.82, 2.24) is 9.88 Å². The van der Waals surface area contributed by atoms with Crippen LogP contribution in [-0.2, 0) is 4.79 Å². The number of fused-ring (bicyclic) bond motifs is 1. The Labute approximate surface area is 180 Å². The Morgan fingerprint density at radius 2 is 1.93 bits per heavy atom. The maximum Gasteiger partial charge on any atom is 0.227 e. The molecule has 1 atom stereocenters. The average molecular weight is 417 g/mol. The SMILES string of the molecule is C[C@H](c1ccc2scnc2c1)N1CCC2(CC1)CC(=O)N(c1ccc(C#N)cc1)C2. The molecule has 0 radical (unpaired) electrons. The van der Waals surface area contributed by atoms with Gasteiger partial charge in [0.2, 0.25) is 5.91 Å². The molecule has 5 rings (SSSR count). The molecule has 3 aromatic rings. The Kier molecular flexibility index (Phi) is 4.80. The van der Waals surface area contributed by atoms with Crippen LogP contribution in [0.2, 0.25) is 0 Å². The van der Waals surface area contributed by atoms with Crippen LogP contribution in [0, 0.1) is 16.7 Å². The molecule has 0 N–H and O–H groups in total. The summed E-state index contributed by atoms with van der Waals surface area (Å²) in [5.41, 5.74) is 5.89. The van der Waals surface area contributed by atoms with Crippen molar-refractivity contribution in [2.75, 3.05) is 24.5 Å². The van der Waals surface area contributed by atoms with Gasteiger partial charge in [0.25, 0.3) is 0 Å². The summed E-state index contributed by atoms with van der Waals surface area (Å²) >= 11 is 1.68. The lowest BCUT2D eigenvalue weighted by molar-refractivity contribution is -0.118. The number of aromatic nitrogens is 1. The van der Waals surface area contributed by atoms with E-state index in [-0.39, 0.29) is 11.3 Å². The zero-order valence-corrected chi connectivity index (χ0v) is 17.9. The Morgan fingerprint density at radius 1 is 1.17 bits per heavy atom. The summed E-state index contributed by atoms with van der Waals surface area (Å²) in [6, 6.07) is 16.5. The van der Waals surface area contributed by atoms with Gasteiger partial charge in [-0.05, 0) is 80.2 Å². The fraction of sp³-hybridized carbons (Fsp3) is 0.375. The minimum absolute atomic E-state index is 0.0695. The van der Waals surface area contributed by atoms with Crippen molar-refractivity contribution in [1.29, 1.82) is 5.26 Å². The first-order chi connectivity index (χ1) is 14.6. The second-order valence-electron chi connectivity index (χ2n) is 8.61. The van der Waals surface area contributed by atoms with Gasteiger partial charge in [0.15, 0.2) is 0 Å². The molecule has 3 heterocycles. The zero-order chi connectivity index (χ0) is 20.7. The summed E-state index contributed by atoms with van der Waals surface area (Å²) in [5.74, 6) is 0.204. The van der Waals surface area contributed by atoms with Gasteiger partial charge in [-0.25, -0.2) is 4.98 Å². The summed E-state index contributed by atoms with van der Waals surface area (Å²) in [5, 5.41) is 9.00. The molecule has 152 valence electrons. The maximum absolute atomic E-state index is 12.8. The van der Waals surface area contributed by atoms with Crippen molar-refractivity contribution in [3.05, 3.63) is 59.1 Å². The zero-order valence-electron chi connectivity index (χ0n) is 17.0. The quantitative estimate of drug-likeness (QED) is 0.618. The number of piperidine rings is 1. The topological polar surface area (TPSA) is 60.2 Å². The predicted molar refractivity (Wildman–Crippen MR) is 119 cm³/mol. The third kappa shape index (κ3) is 3.38. The largest absolute Gasteiger partial charge is 0.312 e. The standard InChI is InChI=1S/C24H24N4OS/c1-17(19-4-7-22-21(12-19)26-16-30-22)27-10-8-24(9-11-27)13-23(29)28(15-24)20-5-2-18(14-25)3-6-20/h2-7,12,16-17H,8-11,13,15H2,1H3/t17-/m1/s1. The van der Waals surface area contributed by atoms with E-state index in [1.54, 1.807) is 23.5 Å². The van der Waals surface area contributed by atoms with E-state index in [1.807, 2.05) is 22.5 Å². The van der Waals surface area contributed by atoms with E-state index in [4.69, 9.17) is 5.26 Å². The van der Waals surface area contributed by atoms with Crippen molar-refractivity contribution in [2.45, 2.75) is 32.2 Å². The lowest BCUT2D eigenvalue weighted by Gasteiger charge is -2.41. The molecule has 1 spiro atoms. The van der Waals surface area contributed by atoms with Gasteiger partial charge in [-0.15, -0.1) is 11.3 Å². The first-order valence-electron chi connectivity index (χ1n) is 10.4. The highest BCUT2D eigenvalue weighted by Gasteiger charge is 2.45. The van der Waals surface area contributed by atoms with Crippen LogP contribution in [0.1, 0.15) is 43.4 Å². The van der Waals surface area contributed by atoms with E-state index in [1.165, 1.54) is 10.3 Å². The number of likely N-dealkylation sites (tertiary alicyclic amines) is 1. The van der Waals surface area contributed by atoms with Gasteiger partial charge in [0, 0.05) is 24.7 Å². The van der Waals surface area contributed by atoms with Crippen molar-refractivity contribution >= 4 is 33.1 Å². The normalized spacial score (nSPS) is 20.0. The number of carbonyl (C=O) groups excluding carboxylic acids is 1. The smallest absolute Gasteiger partial charge is 0.227 e. The molecule has 5 nitrogen and oxygen atoms in total. The lowest BCUT2D eigenvalue weighted by atomic mass is 9.77. The highest BCUT2D eigenvalue weighted by atomic mass is 32.1. The van der Waals surface area contributed by atoms with Crippen LogP contribution < -0.4 is 4.90 Å². The molecule has 2 saturated heterocycles. The molecule has 2 aliphatic rings. The van der Waals surface area contributed by atoms with Gasteiger partial charge < -0.3 is 4.90 Å². The summed E-state index contributed by atoms with van der Waals surface area (Å²) in [7, 11) is 0. The van der Waals surface area contributed by atoms with E-state index in [2.05, 4.69) is 41.1 Å². The van der Waals surface area contributed by atoms with Crippen LogP contribution >= 0.6 is 11.3 Å². The summed E-state index contributed by atoms with van der Waals surface area (Å²) < 4.78 is 1.23. The number of anilines is 1. The van der Waals surface area contributed by atoms with Crippen molar-refractivity contribution in [3.63, 3.8) is 0 Å². The molecule has 30 heavy (non-hydrogen) atoms. The van der Waals surface area contributed by atoms with Gasteiger partial charge in [-0.3, -0.25) is 9.69 Å². The van der Waals surface area contributed by atoms with Crippen LogP contribution in [0.4, 0.5) is 5.69 Å². The fourth-order valence-corrected chi connectivity index (χ4v) is 5.57. The monoisotopic (exact) mass is 416 g/mol. The second kappa shape index (κ2) is 7.50. The molecule has 0 bridgehead atoms. The van der Waals surface area contributed by atoms with E-state index in [0.717, 1.165) is 43.7 Å². The molecule has 1 aromatic heterocycles. The number of hydrogen-bond donors (Lipinski definition) is 0. The minimum atomic E-state index is 0.0695. The maximum atomic E-state index is 12.8. The molecule has 0 saturated carbocycles. The van der Waals surface area contributed by atoms with Gasteiger partial charge in [-0.1, -0.05) is 6.07 Å². The molecule has 2 aromatic carbocycles. The number of thiazole rings is 1. The highest BCUT2D eigenvalue weighted by molar-refractivity contribution is 7.16. The van der Waals surface area contributed by atoms with Crippen LogP contribution in [0.5, 0.6) is 0 Å². The number of rotatable bonds is 3. The lowest BCUT2D eigenvalue weighted by Crippen LogP contribution is -2.42. The van der Waals surface area contributed by atoms with E-state index in [0.29, 0.717) is 18.0 Å². The molecular weight excluding hydrogens is 392 g/mol. The molecular formula is C24H24N4OS.